The van der Waals surface area contributed by atoms with Crippen molar-refractivity contribution in [1.29, 1.82) is 0 Å². The molecule has 0 aliphatic heterocycles. The lowest BCUT2D eigenvalue weighted by atomic mass is 10.2. The van der Waals surface area contributed by atoms with Crippen molar-refractivity contribution in [1.82, 2.24) is 5.32 Å². The molecule has 0 bridgehead atoms. The van der Waals surface area contributed by atoms with Crippen molar-refractivity contribution < 1.29 is 4.74 Å². The first-order chi connectivity index (χ1) is 9.78. The second-order valence-electron chi connectivity index (χ2n) is 4.73. The quantitative estimate of drug-likeness (QED) is 0.648. The summed E-state index contributed by atoms with van der Waals surface area (Å²) in [4.78, 5) is 0. The summed E-state index contributed by atoms with van der Waals surface area (Å²) < 4.78 is 5.81. The third-order valence-corrected chi connectivity index (χ3v) is 2.98. The second kappa shape index (κ2) is 9.07. The Kier molecular flexibility index (Phi) is 7.39. The van der Waals surface area contributed by atoms with E-state index in [1.807, 2.05) is 18.2 Å². The molecule has 2 aromatic rings. The summed E-state index contributed by atoms with van der Waals surface area (Å²) in [6, 6.07) is 16.4. The van der Waals surface area contributed by atoms with Crippen LogP contribution >= 0.6 is 12.4 Å². The number of nitrogens with one attached hydrogen (secondary N) is 1. The van der Waals surface area contributed by atoms with Gasteiger partial charge in [-0.05, 0) is 30.2 Å². The molecule has 0 unspecified atom stereocenters. The van der Waals surface area contributed by atoms with Crippen molar-refractivity contribution >= 4 is 12.4 Å². The van der Waals surface area contributed by atoms with Crippen LogP contribution in [0.15, 0.2) is 48.5 Å². The number of ether oxygens (including phenoxy) is 1. The van der Waals surface area contributed by atoms with Gasteiger partial charge in [0.05, 0.1) is 6.54 Å². The third-order valence-electron chi connectivity index (χ3n) is 2.98. The van der Waals surface area contributed by atoms with Crippen molar-refractivity contribution in [3.63, 3.8) is 0 Å². The maximum Gasteiger partial charge on any atom is 0.120 e. The Balaban J connectivity index is 0.00000220. The maximum absolute atomic E-state index is 5.81. The monoisotopic (exact) mass is 301 g/mol. The summed E-state index contributed by atoms with van der Waals surface area (Å²) in [6.07, 6.45) is 5.21. The SMILES string of the molecule is C#CCNCc1cccc(OCc2ccc(C)cc2)c1.Cl. The highest BCUT2D eigenvalue weighted by Gasteiger charge is 1.98. The van der Waals surface area contributed by atoms with E-state index >= 15 is 0 Å². The Morgan fingerprint density at radius 2 is 1.86 bits per heavy atom. The summed E-state index contributed by atoms with van der Waals surface area (Å²) in [7, 11) is 0. The average Bonchev–Trinajstić information content (AvgIpc) is 2.47. The van der Waals surface area contributed by atoms with E-state index in [1.165, 1.54) is 16.7 Å². The summed E-state index contributed by atoms with van der Waals surface area (Å²) in [5.41, 5.74) is 3.60. The van der Waals surface area contributed by atoms with Crippen LogP contribution in [-0.4, -0.2) is 6.54 Å². The van der Waals surface area contributed by atoms with Gasteiger partial charge in [-0.1, -0.05) is 47.9 Å². The molecule has 3 heteroatoms. The zero-order chi connectivity index (χ0) is 14.2. The molecule has 21 heavy (non-hydrogen) atoms. The van der Waals surface area contributed by atoms with E-state index in [2.05, 4.69) is 48.5 Å². The van der Waals surface area contributed by atoms with E-state index in [4.69, 9.17) is 11.2 Å². The molecule has 0 saturated carbocycles. The molecule has 0 radical (unpaired) electrons. The minimum Gasteiger partial charge on any atom is -0.489 e. The van der Waals surface area contributed by atoms with Crippen molar-refractivity contribution in [3.8, 4) is 18.1 Å². The molecule has 0 saturated heterocycles. The van der Waals surface area contributed by atoms with Crippen LogP contribution < -0.4 is 10.1 Å². The molecular formula is C18H20ClNO. The molecule has 0 aliphatic carbocycles. The smallest absolute Gasteiger partial charge is 0.120 e. The molecule has 110 valence electrons. The van der Waals surface area contributed by atoms with Gasteiger partial charge in [0.1, 0.15) is 12.4 Å². The Morgan fingerprint density at radius 1 is 1.10 bits per heavy atom. The first-order valence-corrected chi connectivity index (χ1v) is 6.69. The number of hydrogen-bond acceptors (Lipinski definition) is 2. The molecular weight excluding hydrogens is 282 g/mol. The minimum absolute atomic E-state index is 0. The Bertz CT molecular complexity index is 587. The summed E-state index contributed by atoms with van der Waals surface area (Å²) in [6.45, 7) is 4.00. The van der Waals surface area contributed by atoms with Crippen LogP contribution in [-0.2, 0) is 13.2 Å². The molecule has 2 rings (SSSR count). The van der Waals surface area contributed by atoms with Crippen LogP contribution in [0.5, 0.6) is 5.75 Å². The van der Waals surface area contributed by atoms with Gasteiger partial charge in [0.2, 0.25) is 0 Å². The zero-order valence-corrected chi connectivity index (χ0v) is 13.0. The molecule has 2 aromatic carbocycles. The van der Waals surface area contributed by atoms with E-state index in [0.29, 0.717) is 13.2 Å². The number of hydrogen-bond donors (Lipinski definition) is 1. The van der Waals surface area contributed by atoms with E-state index < -0.39 is 0 Å². The van der Waals surface area contributed by atoms with Gasteiger partial charge < -0.3 is 10.1 Å². The van der Waals surface area contributed by atoms with Crippen molar-refractivity contribution in [2.75, 3.05) is 6.54 Å². The molecule has 2 nitrogen and oxygen atoms in total. The Labute approximate surface area is 132 Å². The van der Waals surface area contributed by atoms with Crippen LogP contribution in [0.1, 0.15) is 16.7 Å². The topological polar surface area (TPSA) is 21.3 Å². The zero-order valence-electron chi connectivity index (χ0n) is 12.1. The van der Waals surface area contributed by atoms with Gasteiger partial charge in [-0.2, -0.15) is 0 Å². The van der Waals surface area contributed by atoms with Crippen molar-refractivity contribution in [2.24, 2.45) is 0 Å². The predicted octanol–water partition coefficient (Wildman–Crippen LogP) is 3.72. The Morgan fingerprint density at radius 3 is 2.57 bits per heavy atom. The highest BCUT2D eigenvalue weighted by atomic mass is 35.5. The van der Waals surface area contributed by atoms with Crippen molar-refractivity contribution in [3.05, 3.63) is 65.2 Å². The van der Waals surface area contributed by atoms with Gasteiger partial charge in [-0.3, -0.25) is 0 Å². The molecule has 1 N–H and O–H groups in total. The number of benzene rings is 2. The second-order valence-corrected chi connectivity index (χ2v) is 4.73. The predicted molar refractivity (Wildman–Crippen MR) is 89.7 cm³/mol. The van der Waals surface area contributed by atoms with Gasteiger partial charge in [0.15, 0.2) is 0 Å². The lowest BCUT2D eigenvalue weighted by molar-refractivity contribution is 0.306. The summed E-state index contributed by atoms with van der Waals surface area (Å²) in [5.74, 6) is 3.44. The van der Waals surface area contributed by atoms with E-state index in [0.717, 1.165) is 12.3 Å². The minimum atomic E-state index is 0. The number of halogens is 1. The Hall–Kier alpha value is -1.95. The first-order valence-electron chi connectivity index (χ1n) is 6.69. The standard InChI is InChI=1S/C18H19NO.ClH/c1-3-11-19-13-17-5-4-6-18(12-17)20-14-16-9-7-15(2)8-10-16;/h1,4-10,12,19H,11,13-14H2,2H3;1H. The first kappa shape index (κ1) is 17.1. The van der Waals surface area contributed by atoms with Crippen LogP contribution in [0, 0.1) is 19.3 Å². The molecule has 0 heterocycles. The number of rotatable bonds is 6. The fourth-order valence-corrected chi connectivity index (χ4v) is 1.88. The fourth-order valence-electron chi connectivity index (χ4n) is 1.88. The van der Waals surface area contributed by atoms with Gasteiger partial charge >= 0.3 is 0 Å². The molecule has 0 aromatic heterocycles. The average molecular weight is 302 g/mol. The normalized spacial score (nSPS) is 9.52. The summed E-state index contributed by atoms with van der Waals surface area (Å²) >= 11 is 0. The highest BCUT2D eigenvalue weighted by Crippen LogP contribution is 2.15. The van der Waals surface area contributed by atoms with E-state index in [1.54, 1.807) is 0 Å². The molecule has 0 aliphatic rings. The third kappa shape index (κ3) is 5.91. The molecule has 0 amide bonds. The van der Waals surface area contributed by atoms with Crippen LogP contribution in [0.3, 0.4) is 0 Å². The summed E-state index contributed by atoms with van der Waals surface area (Å²) in [5, 5.41) is 3.17. The van der Waals surface area contributed by atoms with Crippen molar-refractivity contribution in [2.45, 2.75) is 20.1 Å². The molecule has 0 spiro atoms. The molecule has 0 atom stereocenters. The molecule has 0 fully saturated rings. The highest BCUT2D eigenvalue weighted by molar-refractivity contribution is 5.85. The van der Waals surface area contributed by atoms with Gasteiger partial charge in [-0.25, -0.2) is 0 Å². The maximum atomic E-state index is 5.81. The van der Waals surface area contributed by atoms with E-state index in [9.17, 15) is 0 Å². The van der Waals surface area contributed by atoms with Gasteiger partial charge in [-0.15, -0.1) is 18.8 Å². The number of aryl methyl sites for hydroxylation is 1. The lowest BCUT2D eigenvalue weighted by Gasteiger charge is -2.08. The van der Waals surface area contributed by atoms with Crippen LogP contribution in [0.2, 0.25) is 0 Å². The lowest BCUT2D eigenvalue weighted by Crippen LogP contribution is -2.12. The van der Waals surface area contributed by atoms with Gasteiger partial charge in [0.25, 0.3) is 0 Å². The van der Waals surface area contributed by atoms with Gasteiger partial charge in [0, 0.05) is 6.54 Å². The fraction of sp³-hybridized carbons (Fsp3) is 0.222. The number of terminal acetylenes is 1. The van der Waals surface area contributed by atoms with E-state index in [-0.39, 0.29) is 12.4 Å². The largest absolute Gasteiger partial charge is 0.489 e. The van der Waals surface area contributed by atoms with Crippen LogP contribution in [0.25, 0.3) is 0 Å². The van der Waals surface area contributed by atoms with Crippen LogP contribution in [0.4, 0.5) is 0 Å².